The van der Waals surface area contributed by atoms with Gasteiger partial charge >= 0.3 is 0 Å². The van der Waals surface area contributed by atoms with Gasteiger partial charge in [-0.1, -0.05) is 29.5 Å². The Balaban J connectivity index is 3.26. The van der Waals surface area contributed by atoms with E-state index < -0.39 is 9.84 Å². The number of nitrogens with one attached hydrogen (secondary N) is 1. The van der Waals surface area contributed by atoms with Gasteiger partial charge in [-0.05, 0) is 23.8 Å². The Morgan fingerprint density at radius 3 is 2.46 bits per heavy atom. The van der Waals surface area contributed by atoms with E-state index in [-0.39, 0.29) is 11.5 Å². The van der Waals surface area contributed by atoms with Crippen molar-refractivity contribution in [3.8, 4) is 0 Å². The van der Waals surface area contributed by atoms with Gasteiger partial charge in [0.2, 0.25) is 0 Å². The summed E-state index contributed by atoms with van der Waals surface area (Å²) in [5, 5.41) is 3.13. The van der Waals surface area contributed by atoms with Gasteiger partial charge in [0.15, 0.2) is 9.84 Å². The van der Waals surface area contributed by atoms with Crippen LogP contribution in [0.25, 0.3) is 0 Å². The van der Waals surface area contributed by atoms with E-state index in [0.717, 1.165) is 13.0 Å². The van der Waals surface area contributed by atoms with Crippen molar-refractivity contribution in [2.75, 3.05) is 29.0 Å². The fourth-order valence-corrected chi connectivity index (χ4v) is 2.12. The first kappa shape index (κ1) is 13.6. The van der Waals surface area contributed by atoms with Crippen LogP contribution in [0.3, 0.4) is 0 Å². The van der Waals surface area contributed by atoms with Gasteiger partial charge in [0.25, 0.3) is 0 Å². The summed E-state index contributed by atoms with van der Waals surface area (Å²) in [6.45, 7) is 3.21. The van der Waals surface area contributed by atoms with Gasteiger partial charge in [-0.25, -0.2) is 8.42 Å². The molecule has 0 atom stereocenters. The van der Waals surface area contributed by atoms with Crippen LogP contribution >= 0.6 is 22.6 Å². The normalized spacial score (nSPS) is 11.8. The highest BCUT2D eigenvalue weighted by atomic mass is 127. The molecule has 0 saturated carbocycles. The topological polar surface area (TPSA) is 46.2 Å². The molecule has 0 radical (unpaired) electrons. The summed E-state index contributed by atoms with van der Waals surface area (Å²) in [4.78, 5) is 0. The minimum absolute atomic E-state index is 0.252. The molecule has 0 bridgehead atoms. The van der Waals surface area contributed by atoms with Crippen molar-refractivity contribution in [1.82, 2.24) is 5.32 Å². The van der Waals surface area contributed by atoms with Crippen molar-refractivity contribution in [3.63, 3.8) is 0 Å². The van der Waals surface area contributed by atoms with E-state index in [2.05, 4.69) is 27.9 Å². The predicted octanol–water partition coefficient (Wildman–Crippen LogP) is 1.23. The summed E-state index contributed by atoms with van der Waals surface area (Å²) < 4.78 is 23.3. The Morgan fingerprint density at radius 2 is 1.92 bits per heavy atom. The minimum atomic E-state index is -2.78. The van der Waals surface area contributed by atoms with E-state index in [0.29, 0.717) is 6.54 Å². The quantitative estimate of drug-likeness (QED) is 0.416. The highest BCUT2D eigenvalue weighted by molar-refractivity contribution is 14.1. The minimum Gasteiger partial charge on any atom is -0.316 e. The third kappa shape index (κ3) is 8.96. The maximum absolute atomic E-state index is 11.0. The molecule has 0 rings (SSSR count). The summed E-state index contributed by atoms with van der Waals surface area (Å²) >= 11 is 2.34. The van der Waals surface area contributed by atoms with Crippen LogP contribution in [0.15, 0.2) is 0 Å². The molecule has 0 saturated heterocycles. The van der Waals surface area contributed by atoms with Crippen LogP contribution in [0, 0.1) is 0 Å². The smallest absolute Gasteiger partial charge is 0.151 e. The second kappa shape index (κ2) is 7.99. The monoisotopic (exact) mass is 319 g/mol. The lowest BCUT2D eigenvalue weighted by atomic mass is 10.3. The molecule has 0 aromatic heterocycles. The van der Waals surface area contributed by atoms with Gasteiger partial charge in [-0.3, -0.25) is 0 Å². The van der Waals surface area contributed by atoms with Crippen molar-refractivity contribution in [1.29, 1.82) is 0 Å². The lowest BCUT2D eigenvalue weighted by Crippen LogP contribution is -2.24. The number of rotatable bonds is 8. The van der Waals surface area contributed by atoms with Gasteiger partial charge in [0.05, 0.1) is 5.75 Å². The third-order valence-corrected chi connectivity index (χ3v) is 4.24. The van der Waals surface area contributed by atoms with Crippen LogP contribution < -0.4 is 5.32 Å². The van der Waals surface area contributed by atoms with Crippen molar-refractivity contribution < 1.29 is 8.42 Å². The van der Waals surface area contributed by atoms with Crippen LogP contribution in [0.5, 0.6) is 0 Å². The Kier molecular flexibility index (Phi) is 8.38. The SMILES string of the molecule is CCS(=O)(=O)CCNCCCCI. The first-order chi connectivity index (χ1) is 6.12. The standard InChI is InChI=1S/C8H18INO2S/c1-2-13(11,12)8-7-10-6-4-3-5-9/h10H,2-8H2,1H3. The fourth-order valence-electron chi connectivity index (χ4n) is 0.841. The van der Waals surface area contributed by atoms with Crippen molar-refractivity contribution in [2.45, 2.75) is 19.8 Å². The lowest BCUT2D eigenvalue weighted by molar-refractivity contribution is 0.590. The summed E-state index contributed by atoms with van der Waals surface area (Å²) in [6, 6.07) is 0. The fraction of sp³-hybridized carbons (Fsp3) is 1.00. The van der Waals surface area contributed by atoms with Crippen LogP contribution in [0.2, 0.25) is 0 Å². The molecule has 5 heteroatoms. The van der Waals surface area contributed by atoms with Crippen LogP contribution in [0.1, 0.15) is 19.8 Å². The predicted molar refractivity (Wildman–Crippen MR) is 65.3 cm³/mol. The second-order valence-corrected chi connectivity index (χ2v) is 6.43. The zero-order chi connectivity index (χ0) is 10.2. The summed E-state index contributed by atoms with van der Waals surface area (Å²) in [5.74, 6) is 0.524. The van der Waals surface area contributed by atoms with E-state index in [1.54, 1.807) is 6.92 Å². The Morgan fingerprint density at radius 1 is 1.23 bits per heavy atom. The third-order valence-electron chi connectivity index (χ3n) is 1.77. The summed E-state index contributed by atoms with van der Waals surface area (Å²) in [6.07, 6.45) is 2.34. The molecule has 0 heterocycles. The average Bonchev–Trinajstić information content (AvgIpc) is 2.11. The van der Waals surface area contributed by atoms with Crippen LogP contribution in [0.4, 0.5) is 0 Å². The number of alkyl halides is 1. The molecule has 0 aliphatic rings. The molecular weight excluding hydrogens is 301 g/mol. The molecule has 0 amide bonds. The molecule has 0 aromatic carbocycles. The number of halogens is 1. The van der Waals surface area contributed by atoms with Crippen LogP contribution in [-0.2, 0) is 9.84 Å². The van der Waals surface area contributed by atoms with Gasteiger partial charge in [0, 0.05) is 12.3 Å². The van der Waals surface area contributed by atoms with E-state index in [9.17, 15) is 8.42 Å². The Bertz CT molecular complexity index is 204. The lowest BCUT2D eigenvalue weighted by Gasteiger charge is -2.03. The van der Waals surface area contributed by atoms with Gasteiger partial charge in [0.1, 0.15) is 0 Å². The van der Waals surface area contributed by atoms with Crippen molar-refractivity contribution >= 4 is 32.4 Å². The van der Waals surface area contributed by atoms with Gasteiger partial charge in [-0.2, -0.15) is 0 Å². The van der Waals surface area contributed by atoms with Gasteiger partial charge in [-0.15, -0.1) is 0 Å². The van der Waals surface area contributed by atoms with E-state index in [1.165, 1.54) is 10.8 Å². The zero-order valence-electron chi connectivity index (χ0n) is 8.05. The summed E-state index contributed by atoms with van der Waals surface area (Å²) in [5.41, 5.74) is 0. The average molecular weight is 319 g/mol. The molecule has 0 aliphatic heterocycles. The number of hydrogen-bond donors (Lipinski definition) is 1. The molecule has 0 unspecified atom stereocenters. The first-order valence-corrected chi connectivity index (χ1v) is 7.94. The molecule has 0 aliphatic carbocycles. The molecule has 1 N–H and O–H groups in total. The van der Waals surface area contributed by atoms with E-state index in [4.69, 9.17) is 0 Å². The number of sulfone groups is 1. The Hall–Kier alpha value is 0.640. The number of unbranched alkanes of at least 4 members (excludes halogenated alkanes) is 1. The van der Waals surface area contributed by atoms with Crippen LogP contribution in [-0.4, -0.2) is 37.4 Å². The maximum atomic E-state index is 11.0. The molecule has 0 fully saturated rings. The molecule has 80 valence electrons. The van der Waals surface area contributed by atoms with Crippen molar-refractivity contribution in [3.05, 3.63) is 0 Å². The molecule has 3 nitrogen and oxygen atoms in total. The highest BCUT2D eigenvalue weighted by Crippen LogP contribution is 1.92. The first-order valence-electron chi connectivity index (χ1n) is 4.59. The molecule has 13 heavy (non-hydrogen) atoms. The Labute approximate surface area is 94.7 Å². The molecule has 0 aromatic rings. The number of hydrogen-bond acceptors (Lipinski definition) is 3. The summed E-state index contributed by atoms with van der Waals surface area (Å²) in [7, 11) is -2.78. The largest absolute Gasteiger partial charge is 0.316 e. The van der Waals surface area contributed by atoms with E-state index in [1.807, 2.05) is 0 Å². The van der Waals surface area contributed by atoms with Crippen molar-refractivity contribution in [2.24, 2.45) is 0 Å². The highest BCUT2D eigenvalue weighted by Gasteiger charge is 2.05. The molecule has 0 spiro atoms. The second-order valence-electron chi connectivity index (χ2n) is 2.88. The maximum Gasteiger partial charge on any atom is 0.151 e. The zero-order valence-corrected chi connectivity index (χ0v) is 11.0. The molecular formula is C8H18INO2S. The van der Waals surface area contributed by atoms with Gasteiger partial charge < -0.3 is 5.32 Å². The van der Waals surface area contributed by atoms with E-state index >= 15 is 0 Å².